The Hall–Kier alpha value is -2.41. The van der Waals surface area contributed by atoms with Crippen LogP contribution in [0.15, 0.2) is 30.3 Å². The number of urea groups is 1. The highest BCUT2D eigenvalue weighted by molar-refractivity contribution is 6.08. The predicted molar refractivity (Wildman–Crippen MR) is 108 cm³/mol. The molecule has 0 bridgehead atoms. The van der Waals surface area contributed by atoms with Gasteiger partial charge in [-0.05, 0) is 37.2 Å². The van der Waals surface area contributed by atoms with Crippen LogP contribution in [0.25, 0.3) is 0 Å². The van der Waals surface area contributed by atoms with Gasteiger partial charge in [0.25, 0.3) is 11.8 Å². The van der Waals surface area contributed by atoms with Crippen molar-refractivity contribution in [2.45, 2.75) is 51.0 Å². The number of nitrogens with zero attached hydrogens (tertiary/aromatic N) is 1. The molecule has 2 saturated heterocycles. The number of likely N-dealkylation sites (tertiary alicyclic amines) is 1. The lowest BCUT2D eigenvalue weighted by atomic mass is 9.75. The monoisotopic (exact) mass is 399 g/mol. The molecule has 1 saturated carbocycles. The first kappa shape index (κ1) is 19.9. The Balaban J connectivity index is 1.39. The maximum atomic E-state index is 13.1. The van der Waals surface area contributed by atoms with Gasteiger partial charge in [-0.3, -0.25) is 15.0 Å². The van der Waals surface area contributed by atoms with Gasteiger partial charge in [-0.15, -0.1) is 0 Å². The number of rotatable bonds is 5. The summed E-state index contributed by atoms with van der Waals surface area (Å²) in [6.07, 6.45) is 6.80. The van der Waals surface area contributed by atoms with Gasteiger partial charge in [0.2, 0.25) is 0 Å². The molecule has 4 amide bonds. The highest BCUT2D eigenvalue weighted by Crippen LogP contribution is 2.33. The Morgan fingerprint density at radius 2 is 1.90 bits per heavy atom. The number of imide groups is 1. The van der Waals surface area contributed by atoms with Gasteiger partial charge >= 0.3 is 6.03 Å². The van der Waals surface area contributed by atoms with E-state index in [-0.39, 0.29) is 5.91 Å². The van der Waals surface area contributed by atoms with E-state index in [1.54, 1.807) is 0 Å². The number of quaternary nitrogens is 1. The smallest absolute Gasteiger partial charge is 0.327 e. The Labute approximate surface area is 171 Å². The number of hydrogen-bond donors (Lipinski definition) is 3. The summed E-state index contributed by atoms with van der Waals surface area (Å²) in [5.74, 6) is 0.823. The molecule has 4 atom stereocenters. The molecule has 2 heterocycles. The molecule has 3 N–H and O–H groups in total. The van der Waals surface area contributed by atoms with Crippen LogP contribution in [0.2, 0.25) is 0 Å². The fourth-order valence-electron chi connectivity index (χ4n) is 5.39. The lowest BCUT2D eigenvalue weighted by Gasteiger charge is -2.38. The zero-order valence-electron chi connectivity index (χ0n) is 17.1. The molecule has 7 nitrogen and oxygen atoms in total. The molecular formula is C22H31N4O3+. The number of amides is 4. The average molecular weight is 400 g/mol. The molecular weight excluding hydrogens is 368 g/mol. The summed E-state index contributed by atoms with van der Waals surface area (Å²) in [6.45, 7) is 4.15. The highest BCUT2D eigenvalue weighted by Gasteiger charge is 2.52. The van der Waals surface area contributed by atoms with Crippen LogP contribution >= 0.6 is 0 Å². The van der Waals surface area contributed by atoms with E-state index in [1.165, 1.54) is 37.0 Å². The molecule has 0 radical (unpaired) electrons. The number of carbonyl (C=O) groups is 3. The Kier molecular flexibility index (Phi) is 5.58. The summed E-state index contributed by atoms with van der Waals surface area (Å²) in [7, 11) is 0. The predicted octanol–water partition coefficient (Wildman–Crippen LogP) is 0.970. The molecule has 1 aromatic rings. The van der Waals surface area contributed by atoms with Crippen molar-refractivity contribution in [2.24, 2.45) is 11.8 Å². The Morgan fingerprint density at radius 1 is 1.17 bits per heavy atom. The first-order valence-electron chi connectivity index (χ1n) is 10.9. The molecule has 29 heavy (non-hydrogen) atoms. The van der Waals surface area contributed by atoms with E-state index in [0.29, 0.717) is 18.9 Å². The first-order valence-corrected chi connectivity index (χ1v) is 10.9. The lowest BCUT2D eigenvalue weighted by Crippen LogP contribution is -3.15. The molecule has 0 spiro atoms. The van der Waals surface area contributed by atoms with E-state index < -0.39 is 17.5 Å². The summed E-state index contributed by atoms with van der Waals surface area (Å²) < 4.78 is 0. The van der Waals surface area contributed by atoms with E-state index in [0.717, 1.165) is 29.6 Å². The molecule has 4 rings (SSSR count). The van der Waals surface area contributed by atoms with Crippen molar-refractivity contribution in [3.05, 3.63) is 35.9 Å². The first-order chi connectivity index (χ1) is 14.0. The summed E-state index contributed by atoms with van der Waals surface area (Å²) in [5, 5.41) is 3.66. The van der Waals surface area contributed by atoms with Crippen molar-refractivity contribution in [1.29, 1.82) is 0 Å². The summed E-state index contributed by atoms with van der Waals surface area (Å²) >= 11 is 0. The molecule has 1 unspecified atom stereocenters. The third-order valence-corrected chi connectivity index (χ3v) is 7.02. The molecule has 1 aliphatic carbocycles. The van der Waals surface area contributed by atoms with Crippen LogP contribution in [-0.2, 0) is 15.1 Å². The number of benzene rings is 1. The second-order valence-corrected chi connectivity index (χ2v) is 8.70. The SMILES string of the molecule is CC[C@]1(c2ccccc2)NC(=O)N(NC(=O)C[NH+]2CC[C@@H]3CCCC[C@@H]3C2)C1=O. The fourth-order valence-corrected chi connectivity index (χ4v) is 5.39. The zero-order chi connectivity index (χ0) is 20.4. The molecule has 0 aromatic heterocycles. The van der Waals surface area contributed by atoms with Gasteiger partial charge < -0.3 is 10.2 Å². The Bertz CT molecular complexity index is 784. The summed E-state index contributed by atoms with van der Waals surface area (Å²) in [6, 6.07) is 8.62. The molecule has 156 valence electrons. The lowest BCUT2D eigenvalue weighted by molar-refractivity contribution is -0.902. The number of fused-ring (bicyclic) bond motifs is 1. The van der Waals surface area contributed by atoms with Crippen LogP contribution in [0, 0.1) is 11.8 Å². The van der Waals surface area contributed by atoms with Crippen molar-refractivity contribution in [3.63, 3.8) is 0 Å². The topological polar surface area (TPSA) is 83.0 Å². The Morgan fingerprint density at radius 3 is 2.62 bits per heavy atom. The van der Waals surface area contributed by atoms with Gasteiger partial charge in [0.1, 0.15) is 5.54 Å². The van der Waals surface area contributed by atoms with Crippen LogP contribution in [0.5, 0.6) is 0 Å². The number of carbonyl (C=O) groups excluding carboxylic acids is 3. The van der Waals surface area contributed by atoms with Crippen LogP contribution in [0.3, 0.4) is 0 Å². The largest absolute Gasteiger partial charge is 0.344 e. The minimum absolute atomic E-state index is 0.280. The van der Waals surface area contributed by atoms with Gasteiger partial charge in [0.15, 0.2) is 6.54 Å². The molecule has 2 aliphatic heterocycles. The fraction of sp³-hybridized carbons (Fsp3) is 0.591. The molecule has 3 aliphatic rings. The van der Waals surface area contributed by atoms with E-state index in [9.17, 15) is 14.4 Å². The van der Waals surface area contributed by atoms with Gasteiger partial charge in [-0.25, -0.2) is 4.79 Å². The van der Waals surface area contributed by atoms with Crippen LogP contribution < -0.4 is 15.6 Å². The summed E-state index contributed by atoms with van der Waals surface area (Å²) in [4.78, 5) is 39.5. The average Bonchev–Trinajstić information content (AvgIpc) is 2.99. The van der Waals surface area contributed by atoms with E-state index in [2.05, 4.69) is 10.7 Å². The second kappa shape index (κ2) is 8.14. The van der Waals surface area contributed by atoms with Crippen LogP contribution in [0.4, 0.5) is 4.79 Å². The van der Waals surface area contributed by atoms with Crippen molar-refractivity contribution >= 4 is 17.8 Å². The number of hydrogen-bond acceptors (Lipinski definition) is 3. The van der Waals surface area contributed by atoms with Gasteiger partial charge in [-0.1, -0.05) is 50.1 Å². The second-order valence-electron chi connectivity index (χ2n) is 8.70. The summed E-state index contributed by atoms with van der Waals surface area (Å²) in [5.41, 5.74) is 2.17. The minimum Gasteiger partial charge on any atom is -0.327 e. The number of piperidine rings is 1. The number of nitrogens with one attached hydrogen (secondary N) is 3. The van der Waals surface area contributed by atoms with Gasteiger partial charge in [0.05, 0.1) is 13.1 Å². The highest BCUT2D eigenvalue weighted by atomic mass is 16.2. The molecule has 3 fully saturated rings. The molecule has 1 aromatic carbocycles. The zero-order valence-corrected chi connectivity index (χ0v) is 17.1. The van der Waals surface area contributed by atoms with E-state index in [4.69, 9.17) is 0 Å². The van der Waals surface area contributed by atoms with Crippen LogP contribution in [0.1, 0.15) is 51.0 Å². The quantitative estimate of drug-likeness (QED) is 0.646. The van der Waals surface area contributed by atoms with E-state index >= 15 is 0 Å². The maximum Gasteiger partial charge on any atom is 0.344 e. The molecule has 7 heteroatoms. The third kappa shape index (κ3) is 3.75. The third-order valence-electron chi connectivity index (χ3n) is 7.02. The van der Waals surface area contributed by atoms with Crippen molar-refractivity contribution in [1.82, 2.24) is 15.8 Å². The van der Waals surface area contributed by atoms with Gasteiger partial charge in [-0.2, -0.15) is 5.01 Å². The normalized spacial score (nSPS) is 31.9. The van der Waals surface area contributed by atoms with E-state index in [1.807, 2.05) is 37.3 Å². The minimum atomic E-state index is -1.13. The van der Waals surface area contributed by atoms with Crippen molar-refractivity contribution in [3.8, 4) is 0 Å². The maximum absolute atomic E-state index is 13.1. The van der Waals surface area contributed by atoms with Gasteiger partial charge in [0, 0.05) is 5.92 Å². The van der Waals surface area contributed by atoms with Crippen LogP contribution in [-0.4, -0.2) is 42.5 Å². The standard InChI is InChI=1S/C22H30N4O3/c1-2-22(18-10-4-3-5-11-18)20(28)26(21(29)23-22)24-19(27)15-25-13-12-16-8-6-7-9-17(16)14-25/h3-5,10-11,16-17H,2,6-9,12-15H2,1H3,(H,23,29)(H,24,27)/p+1/t16-,17+,22+/m0/s1. The number of hydrazine groups is 1. The van der Waals surface area contributed by atoms with Crippen molar-refractivity contribution < 1.29 is 19.3 Å². The van der Waals surface area contributed by atoms with Crippen molar-refractivity contribution in [2.75, 3.05) is 19.6 Å².